The van der Waals surface area contributed by atoms with Crippen molar-refractivity contribution >= 4 is 33.4 Å². The van der Waals surface area contributed by atoms with Crippen LogP contribution in [0.15, 0.2) is 0 Å². The Bertz CT molecular complexity index is 47.7. The number of halogens is 2. The maximum Gasteiger partial charge on any atom is 0.0254 e. The summed E-state index contributed by atoms with van der Waals surface area (Å²) in [7, 11) is 1.11. The van der Waals surface area contributed by atoms with Crippen LogP contribution in [-0.4, -0.2) is 21.1 Å². The molecule has 0 radical (unpaired) electrons. The molecule has 0 aliphatic heterocycles. The van der Waals surface area contributed by atoms with Crippen LogP contribution in [0.5, 0.6) is 0 Å². The van der Waals surface area contributed by atoms with Crippen LogP contribution >= 0.6 is 23.2 Å². The van der Waals surface area contributed by atoms with Crippen molar-refractivity contribution < 1.29 is 0 Å². The third kappa shape index (κ3) is 6.80. The standard InChI is InChI=1S/C5H12Cl2Si/c6-4-2-1-3-5(7)8/h5H,1-4H2,8H3. The molecule has 0 aromatic rings. The molecule has 0 N–H and O–H groups in total. The summed E-state index contributed by atoms with van der Waals surface area (Å²) < 4.78 is 0. The molecular formula is C5H12Cl2Si. The SMILES string of the molecule is [SiH3]C(Cl)CCCCCl. The summed E-state index contributed by atoms with van der Waals surface area (Å²) in [4.78, 5) is 0. The van der Waals surface area contributed by atoms with Crippen LogP contribution in [0.2, 0.25) is 0 Å². The van der Waals surface area contributed by atoms with Gasteiger partial charge in [0.05, 0.1) is 0 Å². The summed E-state index contributed by atoms with van der Waals surface area (Å²) in [6, 6.07) is 0. The first-order chi connectivity index (χ1) is 3.77. The Morgan fingerprint density at radius 2 is 2.00 bits per heavy atom. The second-order valence-electron chi connectivity index (χ2n) is 1.97. The summed E-state index contributed by atoms with van der Waals surface area (Å²) in [5, 5.41) is 0.457. The third-order valence-corrected chi connectivity index (χ3v) is 2.05. The van der Waals surface area contributed by atoms with Crippen LogP contribution < -0.4 is 0 Å². The molecule has 1 unspecified atom stereocenters. The van der Waals surface area contributed by atoms with Gasteiger partial charge in [-0.2, -0.15) is 0 Å². The van der Waals surface area contributed by atoms with E-state index in [1.807, 2.05) is 0 Å². The Balaban J connectivity index is 2.72. The molecule has 0 bridgehead atoms. The summed E-state index contributed by atoms with van der Waals surface area (Å²) in [5.41, 5.74) is 0. The highest BCUT2D eigenvalue weighted by molar-refractivity contribution is 6.40. The quantitative estimate of drug-likeness (QED) is 0.340. The number of hydrogen-bond donors (Lipinski definition) is 0. The topological polar surface area (TPSA) is 0 Å². The highest BCUT2D eigenvalue weighted by Crippen LogP contribution is 2.03. The van der Waals surface area contributed by atoms with Crippen LogP contribution in [0, 0.1) is 0 Å². The van der Waals surface area contributed by atoms with E-state index in [1.54, 1.807) is 0 Å². The van der Waals surface area contributed by atoms with Crippen molar-refractivity contribution in [3.63, 3.8) is 0 Å². The van der Waals surface area contributed by atoms with Crippen LogP contribution in [-0.2, 0) is 0 Å². The van der Waals surface area contributed by atoms with Gasteiger partial charge in [0.25, 0.3) is 0 Å². The molecule has 0 aliphatic rings. The fraction of sp³-hybridized carbons (Fsp3) is 1.00. The molecular weight excluding hydrogens is 159 g/mol. The summed E-state index contributed by atoms with van der Waals surface area (Å²) in [6.07, 6.45) is 3.47. The Kier molecular flexibility index (Phi) is 6.52. The second-order valence-corrected chi connectivity index (χ2v) is 5.21. The Labute approximate surface area is 64.0 Å². The first-order valence-electron chi connectivity index (χ1n) is 2.97. The molecule has 8 heavy (non-hydrogen) atoms. The molecule has 0 aromatic carbocycles. The van der Waals surface area contributed by atoms with Crippen molar-refractivity contribution in [3.05, 3.63) is 0 Å². The Morgan fingerprint density at radius 3 is 2.38 bits per heavy atom. The summed E-state index contributed by atoms with van der Waals surface area (Å²) in [6.45, 7) is 0. The summed E-state index contributed by atoms with van der Waals surface area (Å²) in [5.74, 6) is 0.783. The molecule has 0 saturated carbocycles. The van der Waals surface area contributed by atoms with Gasteiger partial charge in [-0.05, 0) is 12.8 Å². The lowest BCUT2D eigenvalue weighted by molar-refractivity contribution is 0.760. The van der Waals surface area contributed by atoms with Gasteiger partial charge in [0.1, 0.15) is 0 Å². The highest BCUT2D eigenvalue weighted by Gasteiger charge is 1.93. The van der Waals surface area contributed by atoms with E-state index in [1.165, 1.54) is 6.42 Å². The van der Waals surface area contributed by atoms with Gasteiger partial charge in [0.2, 0.25) is 0 Å². The van der Waals surface area contributed by atoms with Gasteiger partial charge in [-0.1, -0.05) is 6.42 Å². The van der Waals surface area contributed by atoms with Gasteiger partial charge in [-0.25, -0.2) is 0 Å². The summed E-state index contributed by atoms with van der Waals surface area (Å²) >= 11 is 11.2. The van der Waals surface area contributed by atoms with E-state index in [4.69, 9.17) is 23.2 Å². The highest BCUT2D eigenvalue weighted by atomic mass is 35.5. The van der Waals surface area contributed by atoms with E-state index < -0.39 is 0 Å². The lowest BCUT2D eigenvalue weighted by Crippen LogP contribution is -1.95. The molecule has 0 heterocycles. The molecule has 50 valence electrons. The molecule has 0 aliphatic carbocycles. The van der Waals surface area contributed by atoms with Gasteiger partial charge in [-0.3, -0.25) is 0 Å². The molecule has 0 nitrogen and oxygen atoms in total. The van der Waals surface area contributed by atoms with Crippen molar-refractivity contribution in [2.75, 3.05) is 5.88 Å². The van der Waals surface area contributed by atoms with Gasteiger partial charge in [0.15, 0.2) is 0 Å². The lowest BCUT2D eigenvalue weighted by atomic mass is 10.3. The van der Waals surface area contributed by atoms with E-state index in [9.17, 15) is 0 Å². The van der Waals surface area contributed by atoms with Gasteiger partial charge in [-0.15, -0.1) is 23.2 Å². The average molecular weight is 171 g/mol. The molecule has 0 saturated heterocycles. The minimum atomic E-state index is 0.457. The van der Waals surface area contributed by atoms with Crippen molar-refractivity contribution in [2.24, 2.45) is 0 Å². The first kappa shape index (κ1) is 8.80. The van der Waals surface area contributed by atoms with Gasteiger partial charge in [0, 0.05) is 21.1 Å². The number of unbranched alkanes of at least 4 members (excludes halogenated alkanes) is 1. The second kappa shape index (κ2) is 5.93. The normalized spacial score (nSPS) is 14.2. The monoisotopic (exact) mass is 170 g/mol. The van der Waals surface area contributed by atoms with E-state index >= 15 is 0 Å². The van der Waals surface area contributed by atoms with Crippen molar-refractivity contribution in [1.29, 1.82) is 0 Å². The number of alkyl halides is 2. The zero-order valence-corrected chi connectivity index (χ0v) is 8.67. The maximum atomic E-state index is 5.73. The van der Waals surface area contributed by atoms with E-state index in [-0.39, 0.29) is 0 Å². The van der Waals surface area contributed by atoms with Crippen LogP contribution in [0.4, 0.5) is 0 Å². The molecule has 0 amide bonds. The lowest BCUT2D eigenvalue weighted by Gasteiger charge is -1.98. The van der Waals surface area contributed by atoms with Gasteiger partial charge >= 0.3 is 0 Å². The van der Waals surface area contributed by atoms with E-state index in [0.29, 0.717) is 5.00 Å². The van der Waals surface area contributed by atoms with Crippen LogP contribution in [0.3, 0.4) is 0 Å². The predicted octanol–water partition coefficient (Wildman–Crippen LogP) is 1.33. The largest absolute Gasteiger partial charge is 0.128 e. The van der Waals surface area contributed by atoms with E-state index in [2.05, 4.69) is 0 Å². The third-order valence-electron chi connectivity index (χ3n) is 0.986. The molecule has 0 spiro atoms. The minimum absolute atomic E-state index is 0.457. The number of rotatable bonds is 4. The molecule has 0 fully saturated rings. The smallest absolute Gasteiger partial charge is 0.0254 e. The van der Waals surface area contributed by atoms with E-state index in [0.717, 1.165) is 29.0 Å². The maximum absolute atomic E-state index is 5.73. The number of hydrogen-bond acceptors (Lipinski definition) is 0. The average Bonchev–Trinajstić information content (AvgIpc) is 1.66. The minimum Gasteiger partial charge on any atom is -0.128 e. The molecule has 0 aromatic heterocycles. The fourth-order valence-corrected chi connectivity index (χ4v) is 1.27. The molecule has 3 heteroatoms. The zero-order valence-electron chi connectivity index (χ0n) is 5.16. The fourth-order valence-electron chi connectivity index (χ4n) is 0.520. The first-order valence-corrected chi connectivity index (χ1v) is 5.10. The Morgan fingerprint density at radius 1 is 1.38 bits per heavy atom. The molecule has 0 rings (SSSR count). The van der Waals surface area contributed by atoms with Crippen molar-refractivity contribution in [1.82, 2.24) is 0 Å². The van der Waals surface area contributed by atoms with Crippen LogP contribution in [0.25, 0.3) is 0 Å². The molecule has 1 atom stereocenters. The van der Waals surface area contributed by atoms with Crippen LogP contribution in [0.1, 0.15) is 19.3 Å². The predicted molar refractivity (Wildman–Crippen MR) is 44.2 cm³/mol. The van der Waals surface area contributed by atoms with Crippen molar-refractivity contribution in [2.45, 2.75) is 24.3 Å². The van der Waals surface area contributed by atoms with Gasteiger partial charge < -0.3 is 0 Å². The Hall–Kier alpha value is 0.797. The van der Waals surface area contributed by atoms with Crippen molar-refractivity contribution in [3.8, 4) is 0 Å². The zero-order chi connectivity index (χ0) is 6.41.